The van der Waals surface area contributed by atoms with E-state index in [0.717, 1.165) is 30.7 Å². The largest absolute Gasteiger partial charge is 0.490 e. The highest BCUT2D eigenvalue weighted by atomic mass is 31.3. The number of nitrogens with one attached hydrogen (secondary N) is 3. The van der Waals surface area contributed by atoms with E-state index < -0.39 is 148 Å². The first-order chi connectivity index (χ1) is 40.1. The van der Waals surface area contributed by atoms with Gasteiger partial charge in [0.15, 0.2) is 41.4 Å². The zero-order valence-electron chi connectivity index (χ0n) is 43.7. The van der Waals surface area contributed by atoms with E-state index in [2.05, 4.69) is 53.8 Å². The summed E-state index contributed by atoms with van der Waals surface area (Å²) in [5.74, 6) is -2.09. The maximum atomic E-state index is 14.5. The fourth-order valence-electron chi connectivity index (χ4n) is 9.78. The van der Waals surface area contributed by atoms with Crippen molar-refractivity contribution in [1.82, 2.24) is 58.9 Å². The minimum atomic E-state index is -6.29. The number of aryl methyl sites for hydroxylation is 1. The number of benzene rings is 1. The van der Waals surface area contributed by atoms with Gasteiger partial charge in [-0.05, 0) is 5.56 Å². The molecule has 3 fully saturated rings. The summed E-state index contributed by atoms with van der Waals surface area (Å²) in [5.41, 5.74) is 14.3. The Labute approximate surface area is 473 Å². The number of alkyl carbamates (subject to hydrolysis) is 1. The molecule has 3 saturated heterocycles. The molecule has 0 spiro atoms. The first-order valence-corrected chi connectivity index (χ1v) is 30.8. The topological polar surface area (TPSA) is 571 Å². The van der Waals surface area contributed by atoms with Gasteiger partial charge in [0.2, 0.25) is 17.7 Å². The fraction of sp³-hybridized carbons (Fsp3) is 0.463. The number of phosphoric ester groups is 2. The molecule has 40 nitrogen and oxygen atoms in total. The monoisotopic (exact) mass is 1280 g/mol. The third kappa shape index (κ3) is 12.8. The Bertz CT molecular complexity index is 3970. The van der Waals surface area contributed by atoms with Crippen molar-refractivity contribution in [2.75, 3.05) is 50.7 Å². The predicted molar refractivity (Wildman–Crippen MR) is 280 cm³/mol. The van der Waals surface area contributed by atoms with Crippen LogP contribution in [0.1, 0.15) is 24.2 Å². The highest BCUT2D eigenvalue weighted by Gasteiger charge is 2.58. The second-order valence-electron chi connectivity index (χ2n) is 19.1. The van der Waals surface area contributed by atoms with E-state index in [1.54, 1.807) is 30.3 Å². The van der Waals surface area contributed by atoms with Crippen LogP contribution in [0.2, 0.25) is 0 Å². The number of fused-ring (bicyclic) bond motifs is 3. The molecule has 85 heavy (non-hydrogen) atoms. The Morgan fingerprint density at radius 2 is 1.35 bits per heavy atom. The molecule has 0 aliphatic carbocycles. The van der Waals surface area contributed by atoms with E-state index in [1.807, 2.05) is 0 Å². The van der Waals surface area contributed by atoms with E-state index in [-0.39, 0.29) is 57.8 Å². The number of aromatic amines is 2. The normalized spacial score (nSPS) is 28.1. The second-order valence-corrected chi connectivity index (χ2v) is 25.7. The number of anilines is 3. The van der Waals surface area contributed by atoms with Crippen LogP contribution in [0, 0.1) is 5.92 Å². The van der Waals surface area contributed by atoms with Crippen molar-refractivity contribution < 1.29 is 108 Å². The number of nitrogen functional groups attached to an aromatic ring is 3. The number of imidazole rings is 3. The van der Waals surface area contributed by atoms with Crippen LogP contribution < -0.4 is 38.2 Å². The summed E-state index contributed by atoms with van der Waals surface area (Å²) in [7, 11) is -21.1. The lowest BCUT2D eigenvalue weighted by molar-refractivity contribution is -0.745. The minimum Gasteiger partial charge on any atom is -0.449 e. The third-order valence-corrected chi connectivity index (χ3v) is 19.7. The number of H-pyrrole nitrogens is 2. The van der Waals surface area contributed by atoms with Crippen molar-refractivity contribution in [1.29, 1.82) is 0 Å². The zero-order valence-corrected chi connectivity index (χ0v) is 47.3. The smallest absolute Gasteiger partial charge is 0.449 e. The Hall–Kier alpha value is -6.58. The number of phosphoric acid groups is 3. The number of aromatic nitrogens is 12. The summed E-state index contributed by atoms with van der Waals surface area (Å²) in [5, 5.41) is 36.2. The fourth-order valence-corrected chi connectivity index (χ4v) is 15.0. The lowest BCUT2D eigenvalue weighted by Crippen LogP contribution is -2.46. The van der Waals surface area contributed by atoms with Crippen molar-refractivity contribution in [2.24, 2.45) is 13.0 Å². The zero-order chi connectivity index (χ0) is 61.1. The summed E-state index contributed by atoms with van der Waals surface area (Å²) in [6, 6.07) is 8.67. The molecule has 0 radical (unpaired) electrons. The van der Waals surface area contributed by atoms with Crippen LogP contribution in [0.5, 0.6) is 0 Å². The lowest BCUT2D eigenvalue weighted by Gasteiger charge is -2.28. The number of carbonyl (C=O) groups is 1. The van der Waals surface area contributed by atoms with Gasteiger partial charge in [0.1, 0.15) is 60.7 Å². The van der Waals surface area contributed by atoms with Crippen molar-refractivity contribution in [3.05, 3.63) is 81.9 Å². The summed E-state index contributed by atoms with van der Waals surface area (Å²) in [6.45, 7) is -4.05. The SMILES string of the molecule is CO[C@@H]1[C@H](P(=O)(O)OCC2O[C@@H](n3cnc4c(=O)[nH]c(N)nc43)[C@H](O)[C@@H]2O)[C@@H](COP(=O)(O)OP(=O)(O)OP(=O)(O)OC[C@H]2O[C@@H]([n+]3cn(C)c4c(=O)[nH]c(N)nc43)[C@H](O)[C@@H]2COC(=O)NCc2ccccc2)O[C@H]1n1cnc2c(N)ncnc21. The van der Waals surface area contributed by atoms with Gasteiger partial charge >= 0.3 is 42.8 Å². The summed E-state index contributed by atoms with van der Waals surface area (Å²) in [4.78, 5) is 111. The number of rotatable bonds is 22. The average Bonchev–Trinajstić information content (AvgIpc) is 4.51. The Kier molecular flexibility index (Phi) is 17.3. The molecule has 0 bridgehead atoms. The van der Waals surface area contributed by atoms with E-state index in [0.29, 0.717) is 5.56 Å². The number of aliphatic hydroxyl groups excluding tert-OH is 3. The van der Waals surface area contributed by atoms with Gasteiger partial charge in [0, 0.05) is 13.7 Å². The van der Waals surface area contributed by atoms with E-state index in [1.165, 1.54) is 27.1 Å². The molecule has 6 aromatic heterocycles. The number of nitrogens with zero attached hydrogens (tertiary/aromatic N) is 10. The van der Waals surface area contributed by atoms with Crippen molar-refractivity contribution in [3.8, 4) is 0 Å². The van der Waals surface area contributed by atoms with Gasteiger partial charge in [-0.3, -0.25) is 46.9 Å². The summed E-state index contributed by atoms with van der Waals surface area (Å²) < 4.78 is 112. The molecule has 10 rings (SSSR count). The average molecular weight is 1280 g/mol. The van der Waals surface area contributed by atoms with Gasteiger partial charge in [-0.1, -0.05) is 35.3 Å². The minimum absolute atomic E-state index is 0.0165. The first kappa shape index (κ1) is 61.5. The number of methoxy groups -OCH3 is 1. The van der Waals surface area contributed by atoms with Gasteiger partial charge in [0.05, 0.1) is 51.5 Å². The molecule has 460 valence electrons. The van der Waals surface area contributed by atoms with Crippen molar-refractivity contribution in [3.63, 3.8) is 0 Å². The predicted octanol–water partition coefficient (Wildman–Crippen LogP) is -2.46. The highest BCUT2D eigenvalue weighted by molar-refractivity contribution is 7.66. The number of hydrogen-bond donors (Lipinski definition) is 13. The highest BCUT2D eigenvalue weighted by Crippen LogP contribution is 2.68. The lowest BCUT2D eigenvalue weighted by atomic mass is 9.99. The molecular formula is C41H53N16O24P4+. The molecule has 3 aliphatic rings. The van der Waals surface area contributed by atoms with Crippen molar-refractivity contribution in [2.45, 2.75) is 73.6 Å². The molecule has 16 atom stereocenters. The number of aliphatic hydroxyl groups is 3. The molecule has 16 N–H and O–H groups in total. The molecule has 9 heterocycles. The standard InChI is InChI=1S/C41H52N16O24P4/c1-54-16-57(33-24(54)35(62)53-40(44)51-33)36-25(58)18(9-73-41(63)45-8-17-6-4-3-5-7-17)19(77-36)10-75-83(66,67)80-85(70,71)81-84(68,69)76-12-21-29(28(72-2)38(79-21)55-14-48-22-30(42)46-13-47-31(22)55)82(64,65)74-11-20-26(59)27(60)37(78-20)56-15-49-23-32(56)50-39(43)52-34(23)61/h3-7,13-16,18-21,25-29,36-38,58-60H,8-12H2,1-2H3,(H12-,42,43,44,45,46,47,50,51,52,53,61,62,63,64,65,66,67,68,69,70,71)/p+1/t18-,19-,20?,21-,25-,26-,27-,28-,29-,36-,37-,38-/m1/s1. The van der Waals surface area contributed by atoms with Gasteiger partial charge < -0.3 is 85.6 Å². The molecule has 5 unspecified atom stereocenters. The van der Waals surface area contributed by atoms with Crippen LogP contribution in [0.15, 0.2) is 65.2 Å². The quantitative estimate of drug-likeness (QED) is 0.0247. The number of carbonyl (C=O) groups excluding carboxylic acids is 1. The van der Waals surface area contributed by atoms with E-state index in [4.69, 9.17) is 54.5 Å². The number of hydrogen-bond acceptors (Lipinski definition) is 29. The number of nitrogens with two attached hydrogens (primary N) is 3. The molecule has 1 amide bonds. The van der Waals surface area contributed by atoms with Crippen molar-refractivity contribution >= 4 is 88.4 Å². The molecule has 0 saturated carbocycles. The Morgan fingerprint density at radius 3 is 2.05 bits per heavy atom. The van der Waals surface area contributed by atoms with Crippen LogP contribution in [-0.2, 0) is 77.7 Å². The van der Waals surface area contributed by atoms with Gasteiger partial charge in [-0.2, -0.15) is 13.6 Å². The van der Waals surface area contributed by atoms with Gasteiger partial charge in [-0.15, -0.1) is 0 Å². The molecule has 44 heteroatoms. The molecular weight excluding hydrogens is 1220 g/mol. The van der Waals surface area contributed by atoms with E-state index >= 15 is 0 Å². The first-order valence-electron chi connectivity index (χ1n) is 24.7. The van der Waals surface area contributed by atoms with Crippen LogP contribution >= 0.6 is 31.1 Å². The van der Waals surface area contributed by atoms with Gasteiger partial charge in [-0.25, -0.2) is 43.0 Å². The third-order valence-electron chi connectivity index (χ3n) is 13.6. The molecule has 7 aromatic rings. The van der Waals surface area contributed by atoms with Crippen LogP contribution in [0.25, 0.3) is 33.5 Å². The molecule has 3 aliphatic heterocycles. The van der Waals surface area contributed by atoms with Crippen LogP contribution in [-0.4, -0.2) is 176 Å². The Balaban J connectivity index is 0.826. The summed E-state index contributed by atoms with van der Waals surface area (Å²) in [6.07, 6.45) is -13.1. The number of ether oxygens (including phenoxy) is 5. The number of amides is 1. The maximum Gasteiger partial charge on any atom is 0.490 e. The van der Waals surface area contributed by atoms with Crippen LogP contribution in [0.3, 0.4) is 0 Å². The van der Waals surface area contributed by atoms with E-state index in [9.17, 15) is 67.5 Å². The summed E-state index contributed by atoms with van der Waals surface area (Å²) >= 11 is 0. The Morgan fingerprint density at radius 1 is 0.729 bits per heavy atom. The second kappa shape index (κ2) is 23.9. The molecule has 1 aromatic carbocycles. The van der Waals surface area contributed by atoms with Gasteiger partial charge in [0.25, 0.3) is 17.1 Å². The maximum absolute atomic E-state index is 14.5. The van der Waals surface area contributed by atoms with Crippen LogP contribution in [0.4, 0.5) is 22.5 Å².